The molecular weight excluding hydrogens is 652 g/mol. The van der Waals surface area contributed by atoms with Gasteiger partial charge in [-0.1, -0.05) is 11.6 Å². The van der Waals surface area contributed by atoms with Gasteiger partial charge in [0.15, 0.2) is 17.4 Å². The highest BCUT2D eigenvalue weighted by molar-refractivity contribution is 6.34. The van der Waals surface area contributed by atoms with Gasteiger partial charge in [-0.25, -0.2) is 9.37 Å². The highest BCUT2D eigenvalue weighted by atomic mass is 35.5. The van der Waals surface area contributed by atoms with Crippen molar-refractivity contribution in [3.63, 3.8) is 0 Å². The van der Waals surface area contributed by atoms with E-state index in [1.807, 2.05) is 0 Å². The molecule has 258 valence electrons. The second kappa shape index (κ2) is 16.5. The zero-order chi connectivity index (χ0) is 35.0. The molecule has 0 bridgehead atoms. The summed E-state index contributed by atoms with van der Waals surface area (Å²) in [5, 5.41) is 5.51. The third-order valence-corrected chi connectivity index (χ3v) is 7.91. The van der Waals surface area contributed by atoms with Gasteiger partial charge in [0, 0.05) is 51.0 Å². The molecule has 13 nitrogen and oxygen atoms in total. The zero-order valence-corrected chi connectivity index (χ0v) is 27.9. The molecule has 3 aromatic rings. The Labute approximate surface area is 281 Å². The topological polar surface area (TPSA) is 138 Å². The lowest BCUT2D eigenvalue weighted by atomic mass is 10.1. The van der Waals surface area contributed by atoms with Gasteiger partial charge in [-0.15, -0.1) is 0 Å². The summed E-state index contributed by atoms with van der Waals surface area (Å²) in [7, 11) is 6.33. The van der Waals surface area contributed by atoms with E-state index in [2.05, 4.69) is 15.6 Å². The molecule has 1 saturated heterocycles. The van der Waals surface area contributed by atoms with Crippen molar-refractivity contribution in [2.24, 2.45) is 7.05 Å². The van der Waals surface area contributed by atoms with E-state index in [-0.39, 0.29) is 64.2 Å². The van der Waals surface area contributed by atoms with Crippen LogP contribution < -0.4 is 15.4 Å². The number of ether oxygens (including phenoxy) is 2. The fraction of sp³-hybridized carbons (Fsp3) is 0.406. The smallest absolute Gasteiger partial charge is 0.291 e. The van der Waals surface area contributed by atoms with Gasteiger partial charge in [0.05, 0.1) is 55.8 Å². The van der Waals surface area contributed by atoms with Gasteiger partial charge < -0.3 is 39.4 Å². The van der Waals surface area contributed by atoms with Gasteiger partial charge >= 0.3 is 0 Å². The molecule has 1 aromatic heterocycles. The van der Waals surface area contributed by atoms with Crippen LogP contribution >= 0.6 is 11.6 Å². The minimum absolute atomic E-state index is 0.0695. The third kappa shape index (κ3) is 8.85. The van der Waals surface area contributed by atoms with Crippen LogP contribution in [-0.4, -0.2) is 122 Å². The number of benzene rings is 2. The number of imidazole rings is 1. The van der Waals surface area contributed by atoms with Crippen molar-refractivity contribution in [2.75, 3.05) is 79.0 Å². The molecule has 0 unspecified atom stereocenters. The molecule has 2 heterocycles. The number of carbonyl (C=O) groups excluding carboxylic acids is 4. The number of nitrogens with zero attached hydrogens (tertiary/aromatic N) is 5. The number of likely N-dealkylation sites (N-methyl/N-ethyl adjacent to an activating group) is 1. The summed E-state index contributed by atoms with van der Waals surface area (Å²) in [4.78, 5) is 59.6. The maximum Gasteiger partial charge on any atom is 0.291 e. The van der Waals surface area contributed by atoms with E-state index in [0.29, 0.717) is 51.6 Å². The standard InChI is InChI=1S/C32H38ClF2N7O6/c1-39(2)19-26(43)36-10-16-48-15-9-27(44)41-11-13-42(14-12-41)32(46)21-6-5-20(17-23(21)33)38-31(45)30-37-18-24(40(30)3)22-7-8-25(47-4)29(35)28(22)34/h5-8,17-18H,9-16,19H2,1-4H3,(H,36,43)(H,38,45). The summed E-state index contributed by atoms with van der Waals surface area (Å²) < 4.78 is 40.5. The predicted molar refractivity (Wildman–Crippen MR) is 174 cm³/mol. The van der Waals surface area contributed by atoms with Crippen molar-refractivity contribution < 1.29 is 37.4 Å². The minimum Gasteiger partial charge on any atom is -0.494 e. The molecular formula is C32H38ClF2N7O6. The van der Waals surface area contributed by atoms with Gasteiger partial charge in [-0.05, 0) is 44.4 Å². The van der Waals surface area contributed by atoms with E-state index in [9.17, 15) is 28.0 Å². The van der Waals surface area contributed by atoms with E-state index in [1.54, 1.807) is 28.8 Å². The minimum atomic E-state index is -1.15. The Balaban J connectivity index is 1.26. The number of piperazine rings is 1. The van der Waals surface area contributed by atoms with Gasteiger partial charge in [0.25, 0.3) is 11.8 Å². The summed E-state index contributed by atoms with van der Waals surface area (Å²) in [6.45, 7) is 2.53. The molecule has 0 spiro atoms. The van der Waals surface area contributed by atoms with Crippen LogP contribution in [0.4, 0.5) is 14.5 Å². The van der Waals surface area contributed by atoms with Crippen LogP contribution in [0.2, 0.25) is 5.02 Å². The fourth-order valence-corrected chi connectivity index (χ4v) is 5.33. The Morgan fingerprint density at radius 3 is 2.38 bits per heavy atom. The van der Waals surface area contributed by atoms with Crippen LogP contribution in [0.1, 0.15) is 27.4 Å². The van der Waals surface area contributed by atoms with E-state index in [0.717, 1.165) is 0 Å². The molecule has 0 atom stereocenters. The molecule has 0 saturated carbocycles. The first-order chi connectivity index (χ1) is 22.9. The summed E-state index contributed by atoms with van der Waals surface area (Å²) in [6, 6.07) is 7.06. The number of aromatic nitrogens is 2. The predicted octanol–water partition coefficient (Wildman–Crippen LogP) is 2.65. The average Bonchev–Trinajstić information content (AvgIpc) is 3.44. The highest BCUT2D eigenvalue weighted by Crippen LogP contribution is 2.30. The maximum atomic E-state index is 14.7. The first-order valence-corrected chi connectivity index (χ1v) is 15.5. The molecule has 0 radical (unpaired) electrons. The molecule has 1 aliphatic heterocycles. The van der Waals surface area contributed by atoms with Crippen molar-refractivity contribution in [1.82, 2.24) is 29.6 Å². The van der Waals surface area contributed by atoms with Crippen LogP contribution in [0.5, 0.6) is 5.75 Å². The lowest BCUT2D eigenvalue weighted by Crippen LogP contribution is -2.50. The highest BCUT2D eigenvalue weighted by Gasteiger charge is 2.26. The van der Waals surface area contributed by atoms with Crippen molar-refractivity contribution in [1.29, 1.82) is 0 Å². The molecule has 2 N–H and O–H groups in total. The van der Waals surface area contributed by atoms with Crippen molar-refractivity contribution in [3.05, 3.63) is 64.6 Å². The SMILES string of the molecule is COc1ccc(-c2cnc(C(=O)Nc3ccc(C(=O)N4CCN(C(=O)CCOCCNC(=O)CN(C)C)CC4)c(Cl)c3)n2C)c(F)c1F. The molecule has 0 aliphatic carbocycles. The molecule has 16 heteroatoms. The first kappa shape index (κ1) is 36.2. The summed E-state index contributed by atoms with van der Waals surface area (Å²) in [6.07, 6.45) is 1.45. The molecule has 4 rings (SSSR count). The third-order valence-electron chi connectivity index (χ3n) is 7.60. The van der Waals surface area contributed by atoms with Crippen LogP contribution in [0, 0.1) is 11.6 Å². The number of methoxy groups -OCH3 is 1. The quantitative estimate of drug-likeness (QED) is 0.262. The van der Waals surface area contributed by atoms with Crippen LogP contribution in [0.15, 0.2) is 36.5 Å². The van der Waals surface area contributed by atoms with E-state index in [4.69, 9.17) is 21.1 Å². The number of carbonyl (C=O) groups is 4. The second-order valence-corrected chi connectivity index (χ2v) is 11.6. The molecule has 48 heavy (non-hydrogen) atoms. The second-order valence-electron chi connectivity index (χ2n) is 11.2. The van der Waals surface area contributed by atoms with Crippen molar-refractivity contribution >= 4 is 40.9 Å². The molecule has 1 aliphatic rings. The monoisotopic (exact) mass is 689 g/mol. The fourth-order valence-electron chi connectivity index (χ4n) is 5.07. The Bertz CT molecular complexity index is 1660. The van der Waals surface area contributed by atoms with Crippen LogP contribution in [0.3, 0.4) is 0 Å². The number of hydrogen-bond donors (Lipinski definition) is 2. The van der Waals surface area contributed by atoms with Gasteiger partial charge in [-0.2, -0.15) is 4.39 Å². The van der Waals surface area contributed by atoms with E-state index < -0.39 is 17.5 Å². The van der Waals surface area contributed by atoms with E-state index in [1.165, 1.54) is 55.3 Å². The summed E-state index contributed by atoms with van der Waals surface area (Å²) in [5.74, 6) is -3.74. The molecule has 1 fully saturated rings. The maximum absolute atomic E-state index is 14.7. The van der Waals surface area contributed by atoms with Crippen LogP contribution in [0.25, 0.3) is 11.3 Å². The Kier molecular flexibility index (Phi) is 12.4. The summed E-state index contributed by atoms with van der Waals surface area (Å²) in [5.41, 5.74) is 0.603. The normalized spacial score (nSPS) is 13.1. The first-order valence-electron chi connectivity index (χ1n) is 15.1. The lowest BCUT2D eigenvalue weighted by molar-refractivity contribution is -0.134. The molecule has 2 aromatic carbocycles. The zero-order valence-electron chi connectivity index (χ0n) is 27.1. The Hall–Kier alpha value is -4.60. The van der Waals surface area contributed by atoms with Crippen LogP contribution in [-0.2, 0) is 21.4 Å². The molecule has 4 amide bonds. The average molecular weight is 690 g/mol. The lowest BCUT2D eigenvalue weighted by Gasteiger charge is -2.35. The number of anilines is 1. The number of halogens is 3. The largest absolute Gasteiger partial charge is 0.494 e. The van der Waals surface area contributed by atoms with Gasteiger partial charge in [0.2, 0.25) is 17.6 Å². The van der Waals surface area contributed by atoms with E-state index >= 15 is 0 Å². The number of amides is 4. The van der Waals surface area contributed by atoms with Crippen molar-refractivity contribution in [3.8, 4) is 17.0 Å². The summed E-state index contributed by atoms with van der Waals surface area (Å²) >= 11 is 6.45. The van der Waals surface area contributed by atoms with Crippen molar-refractivity contribution in [2.45, 2.75) is 6.42 Å². The Morgan fingerprint density at radius 2 is 1.71 bits per heavy atom. The van der Waals surface area contributed by atoms with Gasteiger partial charge in [-0.3, -0.25) is 19.2 Å². The number of nitrogens with one attached hydrogen (secondary N) is 2. The van der Waals surface area contributed by atoms with Gasteiger partial charge in [0.1, 0.15) is 0 Å². The number of rotatable bonds is 13. The Morgan fingerprint density at radius 1 is 1.00 bits per heavy atom. The number of hydrogen-bond acceptors (Lipinski definition) is 8.